The van der Waals surface area contributed by atoms with Crippen LogP contribution in [0.2, 0.25) is 0 Å². The largest absolute Gasteiger partial charge is 0.376 e. The molecule has 0 spiro atoms. The normalized spacial score (nSPS) is 18.8. The minimum absolute atomic E-state index is 0.348. The van der Waals surface area contributed by atoms with Crippen molar-refractivity contribution in [2.24, 2.45) is 0 Å². The molecule has 2 rings (SSSR count). The van der Waals surface area contributed by atoms with Crippen LogP contribution in [-0.2, 0) is 17.0 Å². The van der Waals surface area contributed by atoms with E-state index in [1.54, 1.807) is 0 Å². The molecular formula is C15H23ClN2O. The number of halogens is 1. The first-order valence-corrected chi connectivity index (χ1v) is 7.65. The lowest BCUT2D eigenvalue weighted by Crippen LogP contribution is -2.29. The number of aromatic nitrogens is 1. The van der Waals surface area contributed by atoms with Gasteiger partial charge in [-0.05, 0) is 37.0 Å². The van der Waals surface area contributed by atoms with Crippen molar-refractivity contribution < 1.29 is 4.74 Å². The average Bonchev–Trinajstić information content (AvgIpc) is 2.91. The van der Waals surface area contributed by atoms with Gasteiger partial charge in [0.25, 0.3) is 0 Å². The monoisotopic (exact) mass is 282 g/mol. The molecule has 1 saturated heterocycles. The van der Waals surface area contributed by atoms with E-state index in [-0.39, 0.29) is 0 Å². The van der Waals surface area contributed by atoms with E-state index < -0.39 is 0 Å². The highest BCUT2D eigenvalue weighted by molar-refractivity contribution is 6.17. The first-order valence-electron chi connectivity index (χ1n) is 7.11. The van der Waals surface area contributed by atoms with Gasteiger partial charge in [0, 0.05) is 31.8 Å². The van der Waals surface area contributed by atoms with Crippen LogP contribution in [-0.4, -0.2) is 31.3 Å². The first kappa shape index (κ1) is 14.6. The molecule has 2 heterocycles. The third-order valence-electron chi connectivity index (χ3n) is 3.48. The van der Waals surface area contributed by atoms with Crippen LogP contribution in [0.3, 0.4) is 0 Å². The second kappa shape index (κ2) is 7.11. The van der Waals surface area contributed by atoms with Crippen molar-refractivity contribution in [2.45, 2.75) is 44.6 Å². The fraction of sp³-hybridized carbons (Fsp3) is 0.667. The van der Waals surface area contributed by atoms with Crippen molar-refractivity contribution in [3.8, 4) is 0 Å². The van der Waals surface area contributed by atoms with Gasteiger partial charge in [0.1, 0.15) is 5.82 Å². The van der Waals surface area contributed by atoms with Gasteiger partial charge in [-0.3, -0.25) is 0 Å². The molecule has 0 aliphatic carbocycles. The lowest BCUT2D eigenvalue weighted by Gasteiger charge is -2.22. The van der Waals surface area contributed by atoms with Crippen molar-refractivity contribution >= 4 is 17.4 Å². The van der Waals surface area contributed by atoms with Crippen LogP contribution in [0.15, 0.2) is 12.1 Å². The van der Waals surface area contributed by atoms with Crippen LogP contribution in [0.4, 0.5) is 5.82 Å². The van der Waals surface area contributed by atoms with Crippen LogP contribution in [0.1, 0.15) is 37.4 Å². The molecule has 1 aliphatic rings. The van der Waals surface area contributed by atoms with Crippen molar-refractivity contribution in [1.82, 2.24) is 4.98 Å². The molecule has 0 N–H and O–H groups in total. The topological polar surface area (TPSA) is 25.4 Å². The van der Waals surface area contributed by atoms with Crippen LogP contribution in [0.5, 0.6) is 0 Å². The molecular weight excluding hydrogens is 260 g/mol. The summed E-state index contributed by atoms with van der Waals surface area (Å²) in [4.78, 5) is 6.91. The minimum Gasteiger partial charge on any atom is -0.376 e. The van der Waals surface area contributed by atoms with E-state index >= 15 is 0 Å². The van der Waals surface area contributed by atoms with Gasteiger partial charge >= 0.3 is 0 Å². The van der Waals surface area contributed by atoms with Gasteiger partial charge in [-0.15, -0.1) is 11.6 Å². The molecule has 106 valence electrons. The number of aryl methyl sites for hydroxylation is 1. The molecule has 1 atom stereocenters. The number of hydrogen-bond donors (Lipinski definition) is 0. The third-order valence-corrected chi connectivity index (χ3v) is 3.79. The number of anilines is 1. The number of alkyl halides is 1. The molecule has 1 aromatic heterocycles. The summed E-state index contributed by atoms with van der Waals surface area (Å²) in [5.74, 6) is 1.55. The van der Waals surface area contributed by atoms with Crippen LogP contribution < -0.4 is 4.90 Å². The van der Waals surface area contributed by atoms with Crippen molar-refractivity contribution in [3.05, 3.63) is 23.4 Å². The predicted octanol–water partition coefficient (Wildman–Crippen LogP) is 3.39. The maximum atomic E-state index is 5.98. The summed E-state index contributed by atoms with van der Waals surface area (Å²) >= 11 is 5.98. The predicted molar refractivity (Wildman–Crippen MR) is 80.0 cm³/mol. The van der Waals surface area contributed by atoms with Gasteiger partial charge in [-0.25, -0.2) is 4.98 Å². The van der Waals surface area contributed by atoms with E-state index in [0.717, 1.165) is 49.5 Å². The fourth-order valence-corrected chi connectivity index (χ4v) is 2.63. The van der Waals surface area contributed by atoms with E-state index in [1.807, 2.05) is 0 Å². The quantitative estimate of drug-likeness (QED) is 0.748. The summed E-state index contributed by atoms with van der Waals surface area (Å²) in [5.41, 5.74) is 2.28. The number of nitrogens with zero attached hydrogens (tertiary/aromatic N) is 2. The SMILES string of the molecule is CCCc1cc(CCl)cc(N(C)CC2CCCO2)n1. The zero-order valence-corrected chi connectivity index (χ0v) is 12.6. The van der Waals surface area contributed by atoms with Crippen molar-refractivity contribution in [1.29, 1.82) is 0 Å². The molecule has 1 aromatic rings. The Morgan fingerprint density at radius 1 is 1.47 bits per heavy atom. The second-order valence-corrected chi connectivity index (χ2v) is 5.49. The molecule has 0 saturated carbocycles. The first-order chi connectivity index (χ1) is 9.22. The zero-order chi connectivity index (χ0) is 13.7. The van der Waals surface area contributed by atoms with Gasteiger partial charge < -0.3 is 9.64 Å². The Morgan fingerprint density at radius 3 is 2.95 bits per heavy atom. The van der Waals surface area contributed by atoms with Gasteiger partial charge in [0.2, 0.25) is 0 Å². The zero-order valence-electron chi connectivity index (χ0n) is 11.9. The molecule has 1 fully saturated rings. The third kappa shape index (κ3) is 4.08. The summed E-state index contributed by atoms with van der Waals surface area (Å²) in [6, 6.07) is 4.20. The Kier molecular flexibility index (Phi) is 5.46. The van der Waals surface area contributed by atoms with Gasteiger partial charge in [-0.2, -0.15) is 0 Å². The maximum Gasteiger partial charge on any atom is 0.128 e. The Bertz CT molecular complexity index is 405. The molecule has 1 unspecified atom stereocenters. The molecule has 19 heavy (non-hydrogen) atoms. The fourth-order valence-electron chi connectivity index (χ4n) is 2.48. The van der Waals surface area contributed by atoms with E-state index in [9.17, 15) is 0 Å². The second-order valence-electron chi connectivity index (χ2n) is 5.22. The minimum atomic E-state index is 0.348. The smallest absolute Gasteiger partial charge is 0.128 e. The summed E-state index contributed by atoms with van der Waals surface area (Å²) in [5, 5.41) is 0. The highest BCUT2D eigenvalue weighted by atomic mass is 35.5. The summed E-state index contributed by atoms with van der Waals surface area (Å²) in [6.45, 7) is 3.98. The number of hydrogen-bond acceptors (Lipinski definition) is 3. The van der Waals surface area contributed by atoms with E-state index in [1.165, 1.54) is 6.42 Å². The average molecular weight is 283 g/mol. The summed E-state index contributed by atoms with van der Waals surface area (Å²) in [7, 11) is 2.08. The maximum absolute atomic E-state index is 5.98. The number of ether oxygens (including phenoxy) is 1. The number of rotatable bonds is 6. The van der Waals surface area contributed by atoms with Crippen molar-refractivity contribution in [2.75, 3.05) is 25.1 Å². The lowest BCUT2D eigenvalue weighted by molar-refractivity contribution is 0.116. The highest BCUT2D eigenvalue weighted by Crippen LogP contribution is 2.19. The Hall–Kier alpha value is -0.800. The molecule has 3 nitrogen and oxygen atoms in total. The van der Waals surface area contributed by atoms with Crippen LogP contribution >= 0.6 is 11.6 Å². The summed E-state index contributed by atoms with van der Waals surface area (Å²) < 4.78 is 5.68. The molecule has 0 radical (unpaired) electrons. The van der Waals surface area contributed by atoms with E-state index in [0.29, 0.717) is 12.0 Å². The van der Waals surface area contributed by atoms with E-state index in [2.05, 4.69) is 31.0 Å². The molecule has 4 heteroatoms. The molecule has 0 bridgehead atoms. The van der Waals surface area contributed by atoms with Crippen LogP contribution in [0.25, 0.3) is 0 Å². The highest BCUT2D eigenvalue weighted by Gasteiger charge is 2.18. The Balaban J connectivity index is 2.09. The molecule has 1 aliphatic heterocycles. The lowest BCUT2D eigenvalue weighted by atomic mass is 10.1. The Labute approximate surface area is 120 Å². The Morgan fingerprint density at radius 2 is 2.32 bits per heavy atom. The van der Waals surface area contributed by atoms with Gasteiger partial charge in [-0.1, -0.05) is 13.3 Å². The molecule has 0 aromatic carbocycles. The number of pyridine rings is 1. The van der Waals surface area contributed by atoms with E-state index in [4.69, 9.17) is 21.3 Å². The number of likely N-dealkylation sites (N-methyl/N-ethyl adjacent to an activating group) is 1. The standard InChI is InChI=1S/C15H23ClN2O/c1-3-5-13-8-12(10-16)9-15(17-13)18(2)11-14-6-4-7-19-14/h8-9,14H,3-7,10-11H2,1-2H3. The van der Waals surface area contributed by atoms with Crippen LogP contribution in [0, 0.1) is 0 Å². The van der Waals surface area contributed by atoms with Gasteiger partial charge in [0.15, 0.2) is 0 Å². The van der Waals surface area contributed by atoms with Gasteiger partial charge in [0.05, 0.1) is 6.10 Å². The summed E-state index contributed by atoms with van der Waals surface area (Å²) in [6.07, 6.45) is 4.79. The van der Waals surface area contributed by atoms with Crippen molar-refractivity contribution in [3.63, 3.8) is 0 Å². The molecule has 0 amide bonds.